The standard InChI is InChI=1S/C21H25N/c1-5-20-8-6-7-9-21(20)17(4)22-15-19-12-10-18(11-13-19)14-16(2)3/h5-10,12-13,18,22H,1-2,4,11,14-15H2,3H3. The van der Waals surface area contributed by atoms with Crippen LogP contribution in [0.2, 0.25) is 0 Å². The molecule has 1 unspecified atom stereocenters. The van der Waals surface area contributed by atoms with Crippen LogP contribution in [-0.2, 0) is 0 Å². The molecule has 0 aliphatic heterocycles. The van der Waals surface area contributed by atoms with E-state index in [-0.39, 0.29) is 0 Å². The van der Waals surface area contributed by atoms with Crippen LogP contribution in [0.15, 0.2) is 73.4 Å². The van der Waals surface area contributed by atoms with Gasteiger partial charge in [-0.2, -0.15) is 0 Å². The molecule has 1 aliphatic carbocycles. The Labute approximate surface area is 134 Å². The third-order valence-corrected chi connectivity index (χ3v) is 3.89. The molecule has 1 nitrogen and oxygen atoms in total. The number of allylic oxidation sites excluding steroid dienone is 3. The van der Waals surface area contributed by atoms with Crippen molar-refractivity contribution < 1.29 is 0 Å². The normalized spacial score (nSPS) is 16.8. The molecule has 1 atom stereocenters. The maximum Gasteiger partial charge on any atom is 0.0397 e. The molecule has 114 valence electrons. The molecule has 0 aromatic heterocycles. The molecule has 1 aliphatic rings. The summed E-state index contributed by atoms with van der Waals surface area (Å²) < 4.78 is 0. The maximum absolute atomic E-state index is 4.15. The molecule has 0 radical (unpaired) electrons. The van der Waals surface area contributed by atoms with Gasteiger partial charge in [0.1, 0.15) is 0 Å². The molecule has 22 heavy (non-hydrogen) atoms. The fourth-order valence-corrected chi connectivity index (χ4v) is 2.69. The lowest BCUT2D eigenvalue weighted by Gasteiger charge is -2.18. The molecule has 1 aromatic carbocycles. The van der Waals surface area contributed by atoms with Gasteiger partial charge in [0.25, 0.3) is 0 Å². The zero-order valence-electron chi connectivity index (χ0n) is 13.4. The van der Waals surface area contributed by atoms with Crippen LogP contribution in [0.3, 0.4) is 0 Å². The summed E-state index contributed by atoms with van der Waals surface area (Å²) in [7, 11) is 0. The van der Waals surface area contributed by atoms with E-state index in [9.17, 15) is 0 Å². The second kappa shape index (κ2) is 7.65. The van der Waals surface area contributed by atoms with Crippen molar-refractivity contribution in [2.24, 2.45) is 5.92 Å². The number of rotatable bonds is 7. The molecule has 1 heteroatoms. The number of benzene rings is 1. The van der Waals surface area contributed by atoms with E-state index >= 15 is 0 Å². The van der Waals surface area contributed by atoms with Crippen LogP contribution in [0.25, 0.3) is 11.8 Å². The third-order valence-electron chi connectivity index (χ3n) is 3.89. The molecule has 0 saturated carbocycles. The second-order valence-corrected chi connectivity index (χ2v) is 5.92. The number of nitrogens with one attached hydrogen (secondary N) is 1. The Morgan fingerprint density at radius 2 is 2.09 bits per heavy atom. The van der Waals surface area contributed by atoms with E-state index in [0.29, 0.717) is 5.92 Å². The highest BCUT2D eigenvalue weighted by atomic mass is 14.9. The zero-order chi connectivity index (χ0) is 15.9. The number of hydrogen-bond donors (Lipinski definition) is 1. The van der Waals surface area contributed by atoms with Gasteiger partial charge in [-0.25, -0.2) is 0 Å². The molecule has 0 bridgehead atoms. The summed E-state index contributed by atoms with van der Waals surface area (Å²) in [6, 6.07) is 8.16. The first-order valence-electron chi connectivity index (χ1n) is 7.76. The van der Waals surface area contributed by atoms with Gasteiger partial charge in [-0.15, -0.1) is 6.58 Å². The third kappa shape index (κ3) is 4.36. The highest BCUT2D eigenvalue weighted by Crippen LogP contribution is 2.22. The summed E-state index contributed by atoms with van der Waals surface area (Å²) in [5.41, 5.74) is 5.72. The fourth-order valence-electron chi connectivity index (χ4n) is 2.69. The first-order chi connectivity index (χ1) is 10.6. The Bertz CT molecular complexity index is 631. The van der Waals surface area contributed by atoms with Gasteiger partial charge >= 0.3 is 0 Å². The van der Waals surface area contributed by atoms with Crippen molar-refractivity contribution in [3.63, 3.8) is 0 Å². The van der Waals surface area contributed by atoms with Crippen molar-refractivity contribution in [3.8, 4) is 0 Å². The van der Waals surface area contributed by atoms with E-state index in [1.54, 1.807) is 0 Å². The molecular formula is C21H25N. The summed E-state index contributed by atoms with van der Waals surface area (Å²) >= 11 is 0. The monoisotopic (exact) mass is 291 g/mol. The van der Waals surface area contributed by atoms with Gasteiger partial charge in [-0.05, 0) is 36.8 Å². The minimum absolute atomic E-state index is 0.603. The van der Waals surface area contributed by atoms with Gasteiger partial charge in [0.2, 0.25) is 0 Å². The molecule has 2 rings (SSSR count). The van der Waals surface area contributed by atoms with E-state index < -0.39 is 0 Å². The molecule has 0 amide bonds. The van der Waals surface area contributed by atoms with Gasteiger partial charge in [0.15, 0.2) is 0 Å². The van der Waals surface area contributed by atoms with Crippen LogP contribution in [-0.4, -0.2) is 6.54 Å². The lowest BCUT2D eigenvalue weighted by Crippen LogP contribution is -2.16. The zero-order valence-corrected chi connectivity index (χ0v) is 13.4. The summed E-state index contributed by atoms with van der Waals surface area (Å²) in [5.74, 6) is 0.603. The Hall–Kier alpha value is -2.28. The molecular weight excluding hydrogens is 266 g/mol. The Balaban J connectivity index is 1.90. The predicted molar refractivity (Wildman–Crippen MR) is 98.3 cm³/mol. The van der Waals surface area contributed by atoms with E-state index in [2.05, 4.69) is 62.3 Å². The van der Waals surface area contributed by atoms with Crippen molar-refractivity contribution in [1.82, 2.24) is 5.32 Å². The average molecular weight is 291 g/mol. The van der Waals surface area contributed by atoms with Crippen LogP contribution in [0.5, 0.6) is 0 Å². The predicted octanol–water partition coefficient (Wildman–Crippen LogP) is 5.36. The largest absolute Gasteiger partial charge is 0.381 e. The van der Waals surface area contributed by atoms with Crippen LogP contribution in [0.1, 0.15) is 30.9 Å². The molecule has 0 fully saturated rings. The second-order valence-electron chi connectivity index (χ2n) is 5.92. The van der Waals surface area contributed by atoms with Gasteiger partial charge < -0.3 is 5.32 Å². The van der Waals surface area contributed by atoms with E-state index in [0.717, 1.165) is 36.2 Å². The molecule has 1 N–H and O–H groups in total. The van der Waals surface area contributed by atoms with Crippen molar-refractivity contribution in [2.45, 2.75) is 19.8 Å². The van der Waals surface area contributed by atoms with Crippen LogP contribution in [0.4, 0.5) is 0 Å². The molecule has 0 saturated heterocycles. The smallest absolute Gasteiger partial charge is 0.0397 e. The quantitative estimate of drug-likeness (QED) is 0.667. The van der Waals surface area contributed by atoms with Crippen molar-refractivity contribution in [2.75, 3.05) is 6.54 Å². The lowest BCUT2D eigenvalue weighted by atomic mass is 9.91. The Morgan fingerprint density at radius 3 is 2.73 bits per heavy atom. The molecule has 0 spiro atoms. The summed E-state index contributed by atoms with van der Waals surface area (Å²) in [6.45, 7) is 14.9. The van der Waals surface area contributed by atoms with Gasteiger partial charge in [-0.1, -0.05) is 67.3 Å². The van der Waals surface area contributed by atoms with Gasteiger partial charge in [0, 0.05) is 17.8 Å². The minimum atomic E-state index is 0.603. The van der Waals surface area contributed by atoms with Crippen molar-refractivity contribution in [1.29, 1.82) is 0 Å². The SMILES string of the molecule is C=Cc1ccccc1C(=C)NCC1=CCC(CC(=C)C)C=C1. The minimum Gasteiger partial charge on any atom is -0.381 e. The summed E-state index contributed by atoms with van der Waals surface area (Å²) in [5, 5.41) is 3.42. The van der Waals surface area contributed by atoms with Crippen LogP contribution < -0.4 is 5.32 Å². The van der Waals surface area contributed by atoms with Gasteiger partial charge in [-0.3, -0.25) is 0 Å². The van der Waals surface area contributed by atoms with Crippen molar-refractivity contribution >= 4 is 11.8 Å². The van der Waals surface area contributed by atoms with Gasteiger partial charge in [0.05, 0.1) is 0 Å². The average Bonchev–Trinajstić information content (AvgIpc) is 2.53. The molecule has 0 heterocycles. The summed E-state index contributed by atoms with van der Waals surface area (Å²) in [6.07, 6.45) is 10.9. The maximum atomic E-state index is 4.15. The Morgan fingerprint density at radius 1 is 1.32 bits per heavy atom. The topological polar surface area (TPSA) is 12.0 Å². The van der Waals surface area contributed by atoms with E-state index in [4.69, 9.17) is 0 Å². The Kier molecular flexibility index (Phi) is 5.60. The first kappa shape index (κ1) is 16.1. The van der Waals surface area contributed by atoms with Crippen LogP contribution in [0, 0.1) is 5.92 Å². The number of hydrogen-bond acceptors (Lipinski definition) is 1. The van der Waals surface area contributed by atoms with E-state index in [1.807, 2.05) is 18.2 Å². The van der Waals surface area contributed by atoms with E-state index in [1.165, 1.54) is 11.1 Å². The molecule has 1 aromatic rings. The first-order valence-corrected chi connectivity index (χ1v) is 7.76. The highest BCUT2D eigenvalue weighted by molar-refractivity contribution is 5.71. The lowest BCUT2D eigenvalue weighted by molar-refractivity contribution is 0.643. The highest BCUT2D eigenvalue weighted by Gasteiger charge is 2.09. The van der Waals surface area contributed by atoms with Crippen LogP contribution >= 0.6 is 0 Å². The van der Waals surface area contributed by atoms with Crippen molar-refractivity contribution in [3.05, 3.63) is 84.5 Å². The fraction of sp³-hybridized carbons (Fsp3) is 0.238. The summed E-state index contributed by atoms with van der Waals surface area (Å²) in [4.78, 5) is 0.